The Balaban J connectivity index is 2.25. The van der Waals surface area contributed by atoms with E-state index >= 15 is 0 Å². The molecule has 0 aliphatic carbocycles. The zero-order valence-electron chi connectivity index (χ0n) is 18.7. The normalized spacial score (nSPS) is 20.1. The second kappa shape index (κ2) is 9.21. The quantitative estimate of drug-likeness (QED) is 0.391. The number of rotatable bonds is 7. The number of aliphatic imine (C=N–C) groups is 3. The van der Waals surface area contributed by atoms with Gasteiger partial charge in [-0.3, -0.25) is 0 Å². The molecule has 0 amide bonds. The van der Waals surface area contributed by atoms with Crippen molar-refractivity contribution in [2.45, 2.75) is 45.9 Å². The van der Waals surface area contributed by atoms with Gasteiger partial charge in [0, 0.05) is 37.2 Å². The van der Waals surface area contributed by atoms with E-state index in [1.54, 1.807) is 40.4 Å². The Morgan fingerprint density at radius 2 is 1.80 bits per heavy atom. The van der Waals surface area contributed by atoms with Crippen LogP contribution in [-0.4, -0.2) is 51.3 Å². The zero-order valence-corrected chi connectivity index (χ0v) is 18.7. The fourth-order valence-corrected chi connectivity index (χ4v) is 2.75. The van der Waals surface area contributed by atoms with Gasteiger partial charge in [0.15, 0.2) is 11.5 Å². The van der Waals surface area contributed by atoms with Crippen molar-refractivity contribution in [3.63, 3.8) is 0 Å². The molecule has 0 saturated heterocycles. The molecule has 0 spiro atoms. The molecule has 0 aromatic heterocycles. The summed E-state index contributed by atoms with van der Waals surface area (Å²) in [6.07, 6.45) is 1.97. The van der Waals surface area contributed by atoms with Gasteiger partial charge in [-0.05, 0) is 5.41 Å². The molecule has 0 saturated carbocycles. The monoisotopic (exact) mass is 419 g/mol. The van der Waals surface area contributed by atoms with Gasteiger partial charge in [-0.15, -0.1) is 0 Å². The first-order chi connectivity index (χ1) is 14.0. The van der Waals surface area contributed by atoms with Gasteiger partial charge in [0.2, 0.25) is 17.5 Å². The third kappa shape index (κ3) is 5.76. The van der Waals surface area contributed by atoms with E-state index in [4.69, 9.17) is 25.7 Å². The van der Waals surface area contributed by atoms with E-state index in [1.807, 2.05) is 0 Å². The van der Waals surface area contributed by atoms with Gasteiger partial charge in [0.25, 0.3) is 0 Å². The number of anilines is 1. The summed E-state index contributed by atoms with van der Waals surface area (Å²) in [6.45, 7) is 7.95. The average molecular weight is 420 g/mol. The van der Waals surface area contributed by atoms with E-state index in [-0.39, 0.29) is 11.5 Å². The topological polar surface area (TPSA) is 141 Å². The van der Waals surface area contributed by atoms with Gasteiger partial charge < -0.3 is 36.3 Å². The number of hydrogen-bond acceptors (Lipinski definition) is 9. The summed E-state index contributed by atoms with van der Waals surface area (Å²) in [5.41, 5.74) is 12.9. The molecule has 1 heterocycles. The molecule has 30 heavy (non-hydrogen) atoms. The summed E-state index contributed by atoms with van der Waals surface area (Å²) in [5.74, 6) is 1.28. The zero-order chi connectivity index (χ0) is 22.5. The highest BCUT2D eigenvalue weighted by Gasteiger charge is 2.27. The summed E-state index contributed by atoms with van der Waals surface area (Å²) in [4.78, 5) is 13.4. The number of nitrogens with zero attached hydrogens (tertiary/aromatic N) is 3. The molecular weight excluding hydrogens is 386 g/mol. The van der Waals surface area contributed by atoms with Gasteiger partial charge in [0.1, 0.15) is 5.84 Å². The minimum Gasteiger partial charge on any atom is -0.493 e. The van der Waals surface area contributed by atoms with Crippen LogP contribution in [0.5, 0.6) is 17.2 Å². The Morgan fingerprint density at radius 1 is 1.20 bits per heavy atom. The maximum atomic E-state index is 6.21. The lowest BCUT2D eigenvalue weighted by Crippen LogP contribution is -2.41. The number of methoxy groups -OCH3 is 3. The van der Waals surface area contributed by atoms with Crippen LogP contribution in [0.2, 0.25) is 0 Å². The predicted molar refractivity (Wildman–Crippen MR) is 121 cm³/mol. The maximum absolute atomic E-state index is 6.21. The highest BCUT2D eigenvalue weighted by Crippen LogP contribution is 2.40. The molecule has 0 bridgehead atoms. The molecule has 166 valence electrons. The Morgan fingerprint density at radius 3 is 2.30 bits per heavy atom. The minimum absolute atomic E-state index is 0.0824. The fourth-order valence-electron chi connectivity index (χ4n) is 2.75. The van der Waals surface area contributed by atoms with Crippen LogP contribution in [0.4, 0.5) is 5.69 Å². The van der Waals surface area contributed by atoms with E-state index < -0.39 is 5.79 Å². The first-order valence-corrected chi connectivity index (χ1v) is 9.58. The Hall–Kier alpha value is -3.01. The van der Waals surface area contributed by atoms with E-state index in [2.05, 4.69) is 46.4 Å². The molecule has 2 rings (SSSR count). The fraction of sp³-hybridized carbons (Fsp3) is 0.550. The maximum Gasteiger partial charge on any atom is 0.247 e. The number of guanidine groups is 1. The van der Waals surface area contributed by atoms with Crippen molar-refractivity contribution in [1.29, 1.82) is 0 Å². The van der Waals surface area contributed by atoms with Crippen molar-refractivity contribution in [3.05, 3.63) is 12.1 Å². The van der Waals surface area contributed by atoms with Crippen LogP contribution in [0.3, 0.4) is 0 Å². The molecule has 2 unspecified atom stereocenters. The minimum atomic E-state index is -1.10. The first kappa shape index (κ1) is 23.3. The van der Waals surface area contributed by atoms with Crippen LogP contribution < -0.4 is 36.3 Å². The van der Waals surface area contributed by atoms with E-state index in [0.717, 1.165) is 0 Å². The molecule has 1 aliphatic heterocycles. The van der Waals surface area contributed by atoms with Crippen molar-refractivity contribution in [2.24, 2.45) is 31.9 Å². The van der Waals surface area contributed by atoms with Gasteiger partial charge >= 0.3 is 0 Å². The lowest BCUT2D eigenvalue weighted by molar-refractivity contribution is 0.324. The highest BCUT2D eigenvalue weighted by molar-refractivity contribution is 6.01. The highest BCUT2D eigenvalue weighted by atomic mass is 16.5. The Kier molecular flexibility index (Phi) is 7.14. The smallest absolute Gasteiger partial charge is 0.247 e. The van der Waals surface area contributed by atoms with Crippen molar-refractivity contribution >= 4 is 23.8 Å². The van der Waals surface area contributed by atoms with Crippen LogP contribution in [-0.2, 0) is 0 Å². The Labute approximate surface area is 177 Å². The second-order valence-electron chi connectivity index (χ2n) is 8.15. The van der Waals surface area contributed by atoms with Gasteiger partial charge in [0.05, 0.1) is 27.7 Å². The van der Waals surface area contributed by atoms with E-state index in [0.29, 0.717) is 41.2 Å². The summed E-state index contributed by atoms with van der Waals surface area (Å²) in [7, 11) is 4.66. The van der Waals surface area contributed by atoms with Crippen molar-refractivity contribution in [1.82, 2.24) is 5.32 Å². The lowest BCUT2D eigenvalue weighted by Gasteiger charge is -2.28. The summed E-state index contributed by atoms with van der Waals surface area (Å²) < 4.78 is 16.1. The average Bonchev–Trinajstić information content (AvgIpc) is 2.65. The van der Waals surface area contributed by atoms with Crippen LogP contribution >= 0.6 is 0 Å². The largest absolute Gasteiger partial charge is 0.493 e. The second-order valence-corrected chi connectivity index (χ2v) is 8.15. The number of ether oxygens (including phenoxy) is 3. The molecule has 10 nitrogen and oxygen atoms in total. The van der Waals surface area contributed by atoms with Crippen molar-refractivity contribution < 1.29 is 14.2 Å². The van der Waals surface area contributed by atoms with Crippen LogP contribution in [0, 0.1) is 5.41 Å². The predicted octanol–water partition coefficient (Wildman–Crippen LogP) is 1.91. The molecular formula is C20H33N7O3. The molecule has 1 aromatic rings. The molecule has 1 aliphatic rings. The molecule has 0 radical (unpaired) electrons. The van der Waals surface area contributed by atoms with Gasteiger partial charge in [-0.1, -0.05) is 20.8 Å². The van der Waals surface area contributed by atoms with Crippen LogP contribution in [0.25, 0.3) is 0 Å². The van der Waals surface area contributed by atoms with Crippen molar-refractivity contribution in [2.75, 3.05) is 26.6 Å². The van der Waals surface area contributed by atoms with Crippen LogP contribution in [0.15, 0.2) is 27.1 Å². The lowest BCUT2D eigenvalue weighted by atomic mass is 9.85. The first-order valence-electron chi connectivity index (χ1n) is 9.58. The van der Waals surface area contributed by atoms with Crippen molar-refractivity contribution in [3.8, 4) is 17.2 Å². The summed E-state index contributed by atoms with van der Waals surface area (Å²) >= 11 is 0. The van der Waals surface area contributed by atoms with Crippen LogP contribution in [0.1, 0.15) is 34.1 Å². The Bertz CT molecular complexity index is 820. The van der Waals surface area contributed by atoms with Gasteiger partial charge in [-0.25, -0.2) is 9.98 Å². The van der Waals surface area contributed by atoms with E-state index in [9.17, 15) is 0 Å². The molecule has 10 heteroatoms. The standard InChI is InChI=1S/C20H33N7O3/c1-19(2,3)15(21)10-16(22)26-20(4)24-11-23-18(27-20)25-12-8-13(28-5)17(30-7)14(9-12)29-6/h8-9,11,15H,10,21H2,1-7H3,(H2,22,26)(H2,23,24,25,27). The number of nitrogens with one attached hydrogen (secondary N) is 2. The summed E-state index contributed by atoms with van der Waals surface area (Å²) in [6, 6.07) is 3.42. The SMILES string of the molecule is COc1cc(NC2=NC(C)(/N=C(/N)CC(N)C(C)(C)C)N=CN2)cc(OC)c1OC. The van der Waals surface area contributed by atoms with E-state index in [1.165, 1.54) is 6.34 Å². The number of nitrogens with two attached hydrogens (primary N) is 2. The third-order valence-corrected chi connectivity index (χ3v) is 4.66. The molecule has 1 aromatic carbocycles. The number of benzene rings is 1. The molecule has 2 atom stereocenters. The third-order valence-electron chi connectivity index (χ3n) is 4.66. The number of hydrogen-bond donors (Lipinski definition) is 4. The number of amidine groups is 1. The summed E-state index contributed by atoms with van der Waals surface area (Å²) in [5, 5.41) is 6.14. The molecule has 0 fully saturated rings. The van der Waals surface area contributed by atoms with Gasteiger partial charge in [-0.2, -0.15) is 4.99 Å². The molecule has 6 N–H and O–H groups in total.